The first-order chi connectivity index (χ1) is 5.95. The number of phenols is 1. The lowest BCUT2D eigenvalue weighted by Gasteiger charge is -2.11. The number of hydrogen-bond donors (Lipinski definition) is 1. The topological polar surface area (TPSA) is 20.2 Å². The van der Waals surface area contributed by atoms with Gasteiger partial charge in [0.25, 0.3) is 6.43 Å². The zero-order valence-electron chi connectivity index (χ0n) is 7.24. The molecule has 1 aromatic rings. The van der Waals surface area contributed by atoms with E-state index in [1.54, 1.807) is 19.9 Å². The minimum absolute atomic E-state index is 0.285. The highest BCUT2D eigenvalue weighted by Gasteiger charge is 2.19. The standard InChI is InChI=1S/C9H9BrF2O/c1-4-3-6(10)5(2)7(8(4)13)9(11)12/h3,9,13H,1-2H3. The molecule has 1 aromatic carbocycles. The normalized spacial score (nSPS) is 10.9. The molecular weight excluding hydrogens is 242 g/mol. The number of rotatable bonds is 1. The Morgan fingerprint density at radius 2 is 1.92 bits per heavy atom. The van der Waals surface area contributed by atoms with Crippen molar-refractivity contribution in [2.45, 2.75) is 20.3 Å². The summed E-state index contributed by atoms with van der Waals surface area (Å²) < 4.78 is 25.5. The van der Waals surface area contributed by atoms with E-state index < -0.39 is 6.43 Å². The van der Waals surface area contributed by atoms with Crippen LogP contribution < -0.4 is 0 Å². The molecule has 0 aliphatic rings. The minimum atomic E-state index is -2.64. The molecule has 0 saturated carbocycles. The summed E-state index contributed by atoms with van der Waals surface area (Å²) in [6.07, 6.45) is -2.64. The Hall–Kier alpha value is -0.640. The van der Waals surface area contributed by atoms with Crippen molar-refractivity contribution >= 4 is 15.9 Å². The molecule has 0 spiro atoms. The smallest absolute Gasteiger partial charge is 0.267 e. The van der Waals surface area contributed by atoms with E-state index in [2.05, 4.69) is 15.9 Å². The van der Waals surface area contributed by atoms with Crippen LogP contribution in [0.5, 0.6) is 5.75 Å². The van der Waals surface area contributed by atoms with Crippen molar-refractivity contribution < 1.29 is 13.9 Å². The Bertz CT molecular complexity index is 311. The Labute approximate surface area is 83.5 Å². The van der Waals surface area contributed by atoms with Crippen LogP contribution in [-0.2, 0) is 0 Å². The fourth-order valence-corrected chi connectivity index (χ4v) is 1.71. The third-order valence-electron chi connectivity index (χ3n) is 1.95. The average Bonchev–Trinajstić information content (AvgIpc) is 2.01. The van der Waals surface area contributed by atoms with Gasteiger partial charge in [-0.05, 0) is 31.0 Å². The van der Waals surface area contributed by atoms with Gasteiger partial charge in [-0.15, -0.1) is 0 Å². The third-order valence-corrected chi connectivity index (χ3v) is 2.78. The van der Waals surface area contributed by atoms with Gasteiger partial charge in [-0.3, -0.25) is 0 Å². The van der Waals surface area contributed by atoms with Crippen molar-refractivity contribution in [2.24, 2.45) is 0 Å². The molecule has 0 fully saturated rings. The van der Waals surface area contributed by atoms with Gasteiger partial charge >= 0.3 is 0 Å². The molecule has 0 amide bonds. The second kappa shape index (κ2) is 3.62. The summed E-state index contributed by atoms with van der Waals surface area (Å²) in [6.45, 7) is 3.14. The monoisotopic (exact) mass is 250 g/mol. The number of benzene rings is 1. The lowest BCUT2D eigenvalue weighted by Crippen LogP contribution is -1.94. The van der Waals surface area contributed by atoms with E-state index in [4.69, 9.17) is 0 Å². The fraction of sp³-hybridized carbons (Fsp3) is 0.333. The molecule has 1 nitrogen and oxygen atoms in total. The van der Waals surface area contributed by atoms with Gasteiger partial charge in [0, 0.05) is 4.47 Å². The van der Waals surface area contributed by atoms with E-state index in [0.29, 0.717) is 15.6 Å². The highest BCUT2D eigenvalue weighted by Crippen LogP contribution is 2.37. The SMILES string of the molecule is Cc1cc(Br)c(C)c(C(F)F)c1O. The van der Waals surface area contributed by atoms with E-state index in [0.717, 1.165) is 0 Å². The summed E-state index contributed by atoms with van der Waals surface area (Å²) in [7, 11) is 0. The molecule has 72 valence electrons. The Morgan fingerprint density at radius 3 is 2.38 bits per heavy atom. The number of phenolic OH excluding ortho intramolecular Hbond substituents is 1. The van der Waals surface area contributed by atoms with E-state index >= 15 is 0 Å². The molecule has 0 saturated heterocycles. The van der Waals surface area contributed by atoms with Crippen molar-refractivity contribution in [3.8, 4) is 5.75 Å². The van der Waals surface area contributed by atoms with Crippen LogP contribution in [0.3, 0.4) is 0 Å². The maximum absolute atomic E-state index is 12.5. The first-order valence-corrected chi connectivity index (χ1v) is 4.51. The Balaban J connectivity index is 3.46. The van der Waals surface area contributed by atoms with Crippen molar-refractivity contribution in [3.63, 3.8) is 0 Å². The molecule has 0 bridgehead atoms. The van der Waals surface area contributed by atoms with E-state index in [1.165, 1.54) is 0 Å². The summed E-state index contributed by atoms with van der Waals surface area (Å²) >= 11 is 3.15. The quantitative estimate of drug-likeness (QED) is 0.806. The van der Waals surface area contributed by atoms with Gasteiger partial charge in [0.05, 0.1) is 5.56 Å². The van der Waals surface area contributed by atoms with Gasteiger partial charge in [-0.1, -0.05) is 15.9 Å². The summed E-state index contributed by atoms with van der Waals surface area (Å²) in [5.74, 6) is -0.310. The lowest BCUT2D eigenvalue weighted by molar-refractivity contribution is 0.146. The van der Waals surface area contributed by atoms with Crippen LogP contribution in [0, 0.1) is 13.8 Å². The molecule has 1 N–H and O–H groups in total. The molecule has 1 rings (SSSR count). The van der Waals surface area contributed by atoms with Crippen molar-refractivity contribution in [1.29, 1.82) is 0 Å². The van der Waals surface area contributed by atoms with Crippen LogP contribution in [0.2, 0.25) is 0 Å². The second-order valence-electron chi connectivity index (χ2n) is 2.86. The van der Waals surface area contributed by atoms with Gasteiger partial charge in [-0.2, -0.15) is 0 Å². The Morgan fingerprint density at radius 1 is 1.38 bits per heavy atom. The van der Waals surface area contributed by atoms with Crippen LogP contribution in [0.15, 0.2) is 10.5 Å². The average molecular weight is 251 g/mol. The molecule has 4 heteroatoms. The van der Waals surface area contributed by atoms with Gasteiger partial charge in [0.2, 0.25) is 0 Å². The number of hydrogen-bond acceptors (Lipinski definition) is 1. The van der Waals surface area contributed by atoms with Crippen molar-refractivity contribution in [1.82, 2.24) is 0 Å². The predicted molar refractivity (Wildman–Crippen MR) is 50.2 cm³/mol. The molecule has 0 radical (unpaired) electrons. The first kappa shape index (κ1) is 10.4. The predicted octanol–water partition coefficient (Wildman–Crippen LogP) is 3.71. The highest BCUT2D eigenvalue weighted by molar-refractivity contribution is 9.10. The fourth-order valence-electron chi connectivity index (χ4n) is 1.15. The number of aromatic hydroxyl groups is 1. The number of aryl methyl sites for hydroxylation is 1. The van der Waals surface area contributed by atoms with Gasteiger partial charge in [0.1, 0.15) is 5.75 Å². The van der Waals surface area contributed by atoms with Crippen molar-refractivity contribution in [3.05, 3.63) is 27.2 Å². The first-order valence-electron chi connectivity index (χ1n) is 3.72. The maximum atomic E-state index is 12.5. The zero-order chi connectivity index (χ0) is 10.2. The van der Waals surface area contributed by atoms with Crippen molar-refractivity contribution in [2.75, 3.05) is 0 Å². The number of halogens is 3. The van der Waals surface area contributed by atoms with Gasteiger partial charge in [-0.25, -0.2) is 8.78 Å². The van der Waals surface area contributed by atoms with Crippen LogP contribution in [-0.4, -0.2) is 5.11 Å². The molecule has 0 unspecified atom stereocenters. The van der Waals surface area contributed by atoms with Crippen LogP contribution >= 0.6 is 15.9 Å². The largest absolute Gasteiger partial charge is 0.507 e. The molecule has 0 atom stereocenters. The van der Waals surface area contributed by atoms with Gasteiger partial charge < -0.3 is 5.11 Å². The maximum Gasteiger partial charge on any atom is 0.267 e. The molecule has 0 aromatic heterocycles. The second-order valence-corrected chi connectivity index (χ2v) is 3.72. The highest BCUT2D eigenvalue weighted by atomic mass is 79.9. The molecule has 0 heterocycles. The summed E-state index contributed by atoms with van der Waals surface area (Å²) in [5.41, 5.74) is 0.553. The zero-order valence-corrected chi connectivity index (χ0v) is 8.82. The Kier molecular flexibility index (Phi) is 2.91. The van der Waals surface area contributed by atoms with Gasteiger partial charge in [0.15, 0.2) is 0 Å². The number of alkyl halides is 2. The van der Waals surface area contributed by atoms with Crippen LogP contribution in [0.4, 0.5) is 8.78 Å². The van der Waals surface area contributed by atoms with Crippen LogP contribution in [0.1, 0.15) is 23.1 Å². The minimum Gasteiger partial charge on any atom is -0.507 e. The van der Waals surface area contributed by atoms with E-state index in [-0.39, 0.29) is 11.3 Å². The van der Waals surface area contributed by atoms with E-state index in [9.17, 15) is 13.9 Å². The third kappa shape index (κ3) is 1.82. The molecular formula is C9H9BrF2O. The molecule has 13 heavy (non-hydrogen) atoms. The summed E-state index contributed by atoms with van der Waals surface area (Å²) in [6, 6.07) is 1.62. The summed E-state index contributed by atoms with van der Waals surface area (Å²) in [4.78, 5) is 0. The molecule has 0 aliphatic heterocycles. The summed E-state index contributed by atoms with van der Waals surface area (Å²) in [5, 5.41) is 9.37. The van der Waals surface area contributed by atoms with Crippen LogP contribution in [0.25, 0.3) is 0 Å². The molecule has 0 aliphatic carbocycles. The van der Waals surface area contributed by atoms with E-state index in [1.807, 2.05) is 0 Å². The lowest BCUT2D eigenvalue weighted by atomic mass is 10.0.